The molecule has 1 aliphatic heterocycles. The standard InChI is InChI=1S/C23H20N4O4S4/c1-2-31-15-9-7-14(8-10-15)11-18-21(30)27(23(32)35-18)12-19(28)25-26-20(29)13-33-22-24-16-5-3-4-6-17(16)34-22/h3-11H,2,12-13H2,1H3,(H,25,28)(H,26,29). The van der Waals surface area contributed by atoms with Gasteiger partial charge in [-0.3, -0.25) is 30.1 Å². The fourth-order valence-electron chi connectivity index (χ4n) is 3.01. The van der Waals surface area contributed by atoms with Crippen LogP contribution >= 0.6 is 47.1 Å². The van der Waals surface area contributed by atoms with Crippen molar-refractivity contribution in [2.24, 2.45) is 0 Å². The summed E-state index contributed by atoms with van der Waals surface area (Å²) in [4.78, 5) is 43.3. The number of hydrogen-bond acceptors (Lipinski definition) is 9. The second kappa shape index (κ2) is 11.7. The minimum Gasteiger partial charge on any atom is -0.494 e. The van der Waals surface area contributed by atoms with E-state index in [2.05, 4.69) is 15.8 Å². The molecule has 4 rings (SSSR count). The summed E-state index contributed by atoms with van der Waals surface area (Å²) in [7, 11) is 0. The van der Waals surface area contributed by atoms with Gasteiger partial charge in [0.25, 0.3) is 11.8 Å². The predicted molar refractivity (Wildman–Crippen MR) is 144 cm³/mol. The molecular weight excluding hydrogens is 525 g/mol. The van der Waals surface area contributed by atoms with Crippen LogP contribution in [0.25, 0.3) is 16.3 Å². The molecule has 3 aromatic rings. The van der Waals surface area contributed by atoms with Crippen LogP contribution in [0.3, 0.4) is 0 Å². The maximum Gasteiger partial charge on any atom is 0.266 e. The summed E-state index contributed by atoms with van der Waals surface area (Å²) in [6.07, 6.45) is 1.72. The van der Waals surface area contributed by atoms with Gasteiger partial charge >= 0.3 is 0 Å². The van der Waals surface area contributed by atoms with Gasteiger partial charge in [-0.05, 0) is 42.8 Å². The van der Waals surface area contributed by atoms with Crippen LogP contribution in [-0.2, 0) is 14.4 Å². The lowest BCUT2D eigenvalue weighted by molar-refractivity contribution is -0.131. The Bertz CT molecular complexity index is 1270. The molecule has 0 radical (unpaired) electrons. The molecule has 35 heavy (non-hydrogen) atoms. The van der Waals surface area contributed by atoms with Crippen molar-refractivity contribution in [1.82, 2.24) is 20.7 Å². The first-order valence-electron chi connectivity index (χ1n) is 10.5. The monoisotopic (exact) mass is 544 g/mol. The van der Waals surface area contributed by atoms with Gasteiger partial charge < -0.3 is 4.74 Å². The number of nitrogens with zero attached hydrogens (tertiary/aromatic N) is 2. The maximum atomic E-state index is 12.7. The molecule has 0 bridgehead atoms. The third kappa shape index (κ3) is 6.60. The van der Waals surface area contributed by atoms with E-state index in [9.17, 15) is 14.4 Å². The quantitative estimate of drug-likeness (QED) is 0.191. The molecule has 8 nitrogen and oxygen atoms in total. The number of rotatable bonds is 8. The third-order valence-corrected chi connectivity index (χ3v) is 8.16. The summed E-state index contributed by atoms with van der Waals surface area (Å²) < 4.78 is 7.51. The number of nitrogens with one attached hydrogen (secondary N) is 2. The smallest absolute Gasteiger partial charge is 0.266 e. The number of thiazole rings is 1. The number of para-hydroxylation sites is 1. The van der Waals surface area contributed by atoms with E-state index in [1.807, 2.05) is 55.5 Å². The van der Waals surface area contributed by atoms with E-state index in [1.165, 1.54) is 28.0 Å². The molecule has 3 amide bonds. The summed E-state index contributed by atoms with van der Waals surface area (Å²) in [5.41, 5.74) is 6.39. The molecule has 0 aliphatic carbocycles. The van der Waals surface area contributed by atoms with Crippen LogP contribution in [-0.4, -0.2) is 50.8 Å². The minimum absolute atomic E-state index is 0.0893. The topological polar surface area (TPSA) is 101 Å². The van der Waals surface area contributed by atoms with Gasteiger partial charge in [-0.15, -0.1) is 11.3 Å². The number of carbonyl (C=O) groups excluding carboxylic acids is 3. The predicted octanol–water partition coefficient (Wildman–Crippen LogP) is 3.84. The van der Waals surface area contributed by atoms with E-state index in [4.69, 9.17) is 17.0 Å². The Hall–Kier alpha value is -2.93. The van der Waals surface area contributed by atoms with Gasteiger partial charge in [-0.2, -0.15) is 0 Å². The molecule has 0 saturated carbocycles. The molecular formula is C23H20N4O4S4. The van der Waals surface area contributed by atoms with E-state index in [0.29, 0.717) is 11.5 Å². The SMILES string of the molecule is CCOc1ccc(C=C2SC(=S)N(CC(=O)NNC(=O)CSc3nc4ccccc4s3)C2=O)cc1. The number of hydrogen-bond donors (Lipinski definition) is 2. The number of benzene rings is 2. The van der Waals surface area contributed by atoms with Crippen molar-refractivity contribution in [3.05, 3.63) is 59.0 Å². The van der Waals surface area contributed by atoms with Crippen LogP contribution < -0.4 is 15.6 Å². The van der Waals surface area contributed by atoms with Crippen molar-refractivity contribution in [1.29, 1.82) is 0 Å². The summed E-state index contributed by atoms with van der Waals surface area (Å²) >= 11 is 9.19. The van der Waals surface area contributed by atoms with Crippen molar-refractivity contribution in [3.63, 3.8) is 0 Å². The number of aromatic nitrogens is 1. The fourth-order valence-corrected chi connectivity index (χ4v) is 6.14. The molecule has 1 aliphatic rings. The molecule has 180 valence electrons. The number of amides is 3. The largest absolute Gasteiger partial charge is 0.494 e. The molecule has 1 fully saturated rings. The molecule has 0 unspecified atom stereocenters. The summed E-state index contributed by atoms with van der Waals surface area (Å²) in [6.45, 7) is 2.18. The first-order valence-corrected chi connectivity index (χ1v) is 13.5. The summed E-state index contributed by atoms with van der Waals surface area (Å²) in [5.74, 6) is -0.465. The number of thioether (sulfide) groups is 2. The second-order valence-electron chi connectivity index (χ2n) is 7.10. The van der Waals surface area contributed by atoms with E-state index >= 15 is 0 Å². The Morgan fingerprint density at radius 1 is 1.14 bits per heavy atom. The highest BCUT2D eigenvalue weighted by Gasteiger charge is 2.33. The number of thiocarbonyl (C=S) groups is 1. The lowest BCUT2D eigenvalue weighted by Crippen LogP contribution is -2.47. The molecule has 1 aromatic heterocycles. The van der Waals surface area contributed by atoms with Crippen molar-refractivity contribution < 1.29 is 19.1 Å². The zero-order valence-electron chi connectivity index (χ0n) is 18.5. The number of fused-ring (bicyclic) bond motifs is 1. The van der Waals surface area contributed by atoms with Crippen molar-refractivity contribution in [2.75, 3.05) is 18.9 Å². The van der Waals surface area contributed by atoms with Gasteiger partial charge in [-0.25, -0.2) is 4.98 Å². The molecule has 12 heteroatoms. The average Bonchev–Trinajstić information content (AvgIpc) is 3.38. The molecule has 2 heterocycles. The maximum absolute atomic E-state index is 12.7. The highest BCUT2D eigenvalue weighted by atomic mass is 32.2. The summed E-state index contributed by atoms with van der Waals surface area (Å²) in [6, 6.07) is 15.1. The molecule has 2 N–H and O–H groups in total. The van der Waals surface area contributed by atoms with Crippen LogP contribution in [0.5, 0.6) is 5.75 Å². The van der Waals surface area contributed by atoms with Gasteiger partial charge in [0.2, 0.25) is 5.91 Å². The first-order chi connectivity index (χ1) is 16.9. The number of ether oxygens (including phenoxy) is 1. The van der Waals surface area contributed by atoms with Crippen LogP contribution in [0, 0.1) is 0 Å². The van der Waals surface area contributed by atoms with Gasteiger partial charge in [0.15, 0.2) is 4.34 Å². The zero-order chi connectivity index (χ0) is 24.8. The zero-order valence-corrected chi connectivity index (χ0v) is 21.7. The first kappa shape index (κ1) is 25.2. The van der Waals surface area contributed by atoms with Gasteiger partial charge in [0.1, 0.15) is 16.6 Å². The van der Waals surface area contributed by atoms with Crippen LogP contribution in [0.2, 0.25) is 0 Å². The van der Waals surface area contributed by atoms with E-state index in [1.54, 1.807) is 6.08 Å². The Morgan fingerprint density at radius 3 is 2.63 bits per heavy atom. The van der Waals surface area contributed by atoms with Crippen molar-refractivity contribution >= 4 is 85.4 Å². The number of hydrazine groups is 1. The van der Waals surface area contributed by atoms with Crippen LogP contribution in [0.15, 0.2) is 57.8 Å². The Kier molecular flexibility index (Phi) is 8.39. The van der Waals surface area contributed by atoms with E-state index in [0.717, 1.165) is 37.6 Å². The van der Waals surface area contributed by atoms with Crippen molar-refractivity contribution in [2.45, 2.75) is 11.3 Å². The van der Waals surface area contributed by atoms with Crippen LogP contribution in [0.4, 0.5) is 0 Å². The lowest BCUT2D eigenvalue weighted by Gasteiger charge is -2.14. The fraction of sp³-hybridized carbons (Fsp3) is 0.174. The van der Waals surface area contributed by atoms with Gasteiger partial charge in [0.05, 0.1) is 27.5 Å². The summed E-state index contributed by atoms with van der Waals surface area (Å²) in [5, 5.41) is 0. The van der Waals surface area contributed by atoms with Crippen molar-refractivity contribution in [3.8, 4) is 5.75 Å². The lowest BCUT2D eigenvalue weighted by atomic mass is 10.2. The molecule has 2 aromatic carbocycles. The van der Waals surface area contributed by atoms with Gasteiger partial charge in [-0.1, -0.05) is 60.0 Å². The van der Waals surface area contributed by atoms with E-state index in [-0.39, 0.29) is 28.4 Å². The third-order valence-electron chi connectivity index (χ3n) is 4.61. The number of carbonyl (C=O) groups is 3. The molecule has 0 atom stereocenters. The minimum atomic E-state index is -0.554. The Balaban J connectivity index is 1.25. The molecule has 1 saturated heterocycles. The molecule has 0 spiro atoms. The Labute approximate surface area is 219 Å². The highest BCUT2D eigenvalue weighted by molar-refractivity contribution is 8.26. The highest BCUT2D eigenvalue weighted by Crippen LogP contribution is 2.32. The Morgan fingerprint density at radius 2 is 1.89 bits per heavy atom. The normalized spacial score (nSPS) is 14.5. The average molecular weight is 545 g/mol. The second-order valence-corrected chi connectivity index (χ2v) is 11.0. The van der Waals surface area contributed by atoms with Gasteiger partial charge in [0, 0.05) is 0 Å². The van der Waals surface area contributed by atoms with E-state index < -0.39 is 5.91 Å². The van der Waals surface area contributed by atoms with Crippen LogP contribution in [0.1, 0.15) is 12.5 Å².